The molecule has 4 nitrogen and oxygen atoms in total. The fourth-order valence-electron chi connectivity index (χ4n) is 1.39. The van der Waals surface area contributed by atoms with Crippen molar-refractivity contribution in [3.05, 3.63) is 41.9 Å². The summed E-state index contributed by atoms with van der Waals surface area (Å²) in [6.07, 6.45) is 6.19. The van der Waals surface area contributed by atoms with Crippen LogP contribution in [0.25, 0.3) is 0 Å². The Morgan fingerprint density at radius 2 is 2.24 bits per heavy atom. The number of hydrogen-bond donors (Lipinski definition) is 1. The summed E-state index contributed by atoms with van der Waals surface area (Å²) in [7, 11) is 1.83. The van der Waals surface area contributed by atoms with Gasteiger partial charge in [-0.1, -0.05) is 6.08 Å². The van der Waals surface area contributed by atoms with Crippen LogP contribution in [0.4, 0.5) is 5.69 Å². The zero-order chi connectivity index (χ0) is 12.8. The Morgan fingerprint density at radius 3 is 2.76 bits per heavy atom. The maximum absolute atomic E-state index is 11.2. The first-order valence-corrected chi connectivity index (χ1v) is 5.26. The predicted molar refractivity (Wildman–Crippen MR) is 67.4 cm³/mol. The van der Waals surface area contributed by atoms with Crippen molar-refractivity contribution in [3.8, 4) is 6.07 Å². The number of rotatable bonds is 4. The zero-order valence-corrected chi connectivity index (χ0v) is 10.2. The van der Waals surface area contributed by atoms with Gasteiger partial charge in [0, 0.05) is 25.0 Å². The summed E-state index contributed by atoms with van der Waals surface area (Å²) in [5.41, 5.74) is 2.36. The topological polar surface area (TPSA) is 57.8 Å². The number of carbonyl (C=O) groups excluding carboxylic acids is 1. The van der Waals surface area contributed by atoms with E-state index in [1.54, 1.807) is 29.8 Å². The van der Waals surface area contributed by atoms with E-state index in [-0.39, 0.29) is 5.78 Å². The Kier molecular flexibility index (Phi) is 4.29. The van der Waals surface area contributed by atoms with Crippen LogP contribution in [0, 0.1) is 18.3 Å². The number of nitrogens with one attached hydrogen (secondary N) is 1. The van der Waals surface area contributed by atoms with Gasteiger partial charge in [-0.25, -0.2) is 0 Å². The number of allylic oxidation sites excluding steroid dienone is 3. The fourth-order valence-corrected chi connectivity index (χ4v) is 1.39. The maximum Gasteiger partial charge on any atom is 0.179 e. The lowest BCUT2D eigenvalue weighted by atomic mass is 10.3. The van der Waals surface area contributed by atoms with E-state index in [2.05, 4.69) is 11.4 Å². The van der Waals surface area contributed by atoms with Crippen molar-refractivity contribution in [2.75, 3.05) is 5.32 Å². The highest BCUT2D eigenvalue weighted by Crippen LogP contribution is 2.18. The van der Waals surface area contributed by atoms with Crippen LogP contribution in [0.15, 0.2) is 30.5 Å². The molecule has 0 unspecified atom stereocenters. The number of ketones is 1. The molecule has 0 amide bonds. The molecular formula is C13H15N3O. The summed E-state index contributed by atoms with van der Waals surface area (Å²) < 4.78 is 1.80. The van der Waals surface area contributed by atoms with Crippen molar-refractivity contribution >= 4 is 11.5 Å². The Bertz CT molecular complexity index is 516. The van der Waals surface area contributed by atoms with Gasteiger partial charge < -0.3 is 9.88 Å². The van der Waals surface area contributed by atoms with Gasteiger partial charge in [0.05, 0.1) is 5.69 Å². The minimum Gasteiger partial charge on any atom is -0.360 e. The van der Waals surface area contributed by atoms with E-state index >= 15 is 0 Å². The Hall–Kier alpha value is -2.28. The average molecular weight is 229 g/mol. The van der Waals surface area contributed by atoms with Gasteiger partial charge in [0.1, 0.15) is 11.8 Å². The van der Waals surface area contributed by atoms with E-state index < -0.39 is 0 Å². The van der Waals surface area contributed by atoms with Crippen LogP contribution in [-0.4, -0.2) is 10.4 Å². The first kappa shape index (κ1) is 12.8. The summed E-state index contributed by atoms with van der Waals surface area (Å²) in [6.45, 7) is 3.70. The minimum atomic E-state index is -0.0749. The van der Waals surface area contributed by atoms with Crippen molar-refractivity contribution in [1.29, 1.82) is 5.26 Å². The number of carbonyl (C=O) groups is 1. The lowest BCUT2D eigenvalue weighted by Gasteiger charge is -2.00. The summed E-state index contributed by atoms with van der Waals surface area (Å²) in [5.74, 6) is -0.0749. The van der Waals surface area contributed by atoms with Crippen molar-refractivity contribution < 1.29 is 4.79 Å². The molecule has 0 saturated heterocycles. The van der Waals surface area contributed by atoms with E-state index in [9.17, 15) is 4.79 Å². The predicted octanol–water partition coefficient (Wildman–Crippen LogP) is 2.28. The van der Waals surface area contributed by atoms with E-state index in [4.69, 9.17) is 5.26 Å². The van der Waals surface area contributed by atoms with Crippen molar-refractivity contribution in [1.82, 2.24) is 4.57 Å². The first-order valence-electron chi connectivity index (χ1n) is 5.26. The second-order valence-corrected chi connectivity index (χ2v) is 3.58. The molecule has 0 bridgehead atoms. The molecule has 1 heterocycles. The van der Waals surface area contributed by atoms with Crippen LogP contribution in [0.2, 0.25) is 0 Å². The Morgan fingerprint density at radius 1 is 1.53 bits per heavy atom. The number of hydrogen-bond acceptors (Lipinski definition) is 3. The number of nitrogens with zero attached hydrogens (tertiary/aromatic N) is 2. The molecule has 1 aromatic heterocycles. The van der Waals surface area contributed by atoms with E-state index in [1.807, 2.05) is 14.0 Å². The van der Waals surface area contributed by atoms with Gasteiger partial charge in [0.15, 0.2) is 5.78 Å². The van der Waals surface area contributed by atoms with Gasteiger partial charge in [0.25, 0.3) is 0 Å². The Labute approximate surface area is 101 Å². The van der Waals surface area contributed by atoms with Crippen LogP contribution in [0.3, 0.4) is 0 Å². The minimum absolute atomic E-state index is 0.0749. The molecule has 0 aromatic carbocycles. The van der Waals surface area contributed by atoms with Crippen LogP contribution in [-0.2, 0) is 11.8 Å². The lowest BCUT2D eigenvalue weighted by Crippen LogP contribution is -1.96. The standard InChI is InChI=1S/C13H15N3O/c1-4-5-12(17)6-7-15-13-8-11(9-14)16(3)10(13)2/h4-8,15H,1-3H3/b5-4-,7-6-. The third kappa shape index (κ3) is 3.08. The highest BCUT2D eigenvalue weighted by molar-refractivity contribution is 5.99. The van der Waals surface area contributed by atoms with Crippen LogP contribution < -0.4 is 5.32 Å². The molecule has 0 spiro atoms. The van der Waals surface area contributed by atoms with Crippen LogP contribution in [0.1, 0.15) is 18.3 Å². The molecule has 0 aliphatic heterocycles. The quantitative estimate of drug-likeness (QED) is 0.806. The number of anilines is 1. The molecule has 0 aliphatic rings. The maximum atomic E-state index is 11.2. The van der Waals surface area contributed by atoms with Crippen molar-refractivity contribution in [2.24, 2.45) is 7.05 Å². The molecule has 88 valence electrons. The molecule has 1 N–H and O–H groups in total. The fraction of sp³-hybridized carbons (Fsp3) is 0.231. The SMILES string of the molecule is C/C=C\C(=O)/C=C\Nc1cc(C#N)n(C)c1C. The molecule has 1 rings (SSSR count). The second-order valence-electron chi connectivity index (χ2n) is 3.58. The molecule has 0 radical (unpaired) electrons. The second kappa shape index (κ2) is 5.71. The van der Waals surface area contributed by atoms with Gasteiger partial charge >= 0.3 is 0 Å². The molecule has 0 atom stereocenters. The molecule has 4 heteroatoms. The molecule has 17 heavy (non-hydrogen) atoms. The largest absolute Gasteiger partial charge is 0.360 e. The third-order valence-corrected chi connectivity index (χ3v) is 2.47. The highest BCUT2D eigenvalue weighted by Gasteiger charge is 2.06. The molecule has 0 aliphatic carbocycles. The van der Waals surface area contributed by atoms with E-state index in [1.165, 1.54) is 12.2 Å². The zero-order valence-electron chi connectivity index (χ0n) is 10.2. The molecular weight excluding hydrogens is 214 g/mol. The van der Waals surface area contributed by atoms with Crippen molar-refractivity contribution in [2.45, 2.75) is 13.8 Å². The lowest BCUT2D eigenvalue weighted by molar-refractivity contribution is -0.110. The average Bonchev–Trinajstić information content (AvgIpc) is 2.57. The smallest absolute Gasteiger partial charge is 0.179 e. The van der Waals surface area contributed by atoms with Gasteiger partial charge in [0.2, 0.25) is 0 Å². The molecule has 1 aromatic rings. The highest BCUT2D eigenvalue weighted by atomic mass is 16.1. The Balaban J connectivity index is 2.77. The van der Waals surface area contributed by atoms with Gasteiger partial charge in [-0.3, -0.25) is 4.79 Å². The number of nitriles is 1. The van der Waals surface area contributed by atoms with Crippen molar-refractivity contribution in [3.63, 3.8) is 0 Å². The summed E-state index contributed by atoms with van der Waals surface area (Å²) in [6, 6.07) is 3.85. The van der Waals surface area contributed by atoms with Crippen LogP contribution in [0.5, 0.6) is 0 Å². The molecule has 0 fully saturated rings. The third-order valence-electron chi connectivity index (χ3n) is 2.47. The van der Waals surface area contributed by atoms with Gasteiger partial charge in [-0.05, 0) is 26.0 Å². The van der Waals surface area contributed by atoms with Gasteiger partial charge in [-0.15, -0.1) is 0 Å². The summed E-state index contributed by atoms with van der Waals surface area (Å²) >= 11 is 0. The van der Waals surface area contributed by atoms with Crippen LogP contribution >= 0.6 is 0 Å². The van der Waals surface area contributed by atoms with Gasteiger partial charge in [-0.2, -0.15) is 5.26 Å². The normalized spacial score (nSPS) is 10.9. The summed E-state index contributed by atoms with van der Waals surface area (Å²) in [5, 5.41) is 11.9. The number of aromatic nitrogens is 1. The van der Waals surface area contributed by atoms with E-state index in [0.717, 1.165) is 11.4 Å². The monoisotopic (exact) mass is 229 g/mol. The molecule has 0 saturated carbocycles. The van der Waals surface area contributed by atoms with E-state index in [0.29, 0.717) is 5.69 Å². The summed E-state index contributed by atoms with van der Waals surface area (Å²) in [4.78, 5) is 11.2. The first-order chi connectivity index (χ1) is 8.10.